The predicted octanol–water partition coefficient (Wildman–Crippen LogP) is 3.15. The largest absolute Gasteiger partial charge is 0.381 e. The van der Waals surface area contributed by atoms with E-state index in [0.717, 1.165) is 12.8 Å². The summed E-state index contributed by atoms with van der Waals surface area (Å²) in [6.07, 6.45) is 1.73. The molecule has 1 aromatic rings. The summed E-state index contributed by atoms with van der Waals surface area (Å²) in [5.41, 5.74) is 5.91. The number of rotatable bonds is 2. The third-order valence-electron chi connectivity index (χ3n) is 3.08. The maximum atomic E-state index is 13.7. The van der Waals surface area contributed by atoms with Crippen molar-refractivity contribution in [2.75, 3.05) is 13.2 Å². The summed E-state index contributed by atoms with van der Waals surface area (Å²) in [5, 5.41) is 0. The van der Waals surface area contributed by atoms with E-state index < -0.39 is 17.7 Å². The van der Waals surface area contributed by atoms with E-state index in [2.05, 4.69) is 15.9 Å². The van der Waals surface area contributed by atoms with Crippen LogP contribution in [0.5, 0.6) is 0 Å². The van der Waals surface area contributed by atoms with Gasteiger partial charge < -0.3 is 10.5 Å². The van der Waals surface area contributed by atoms with Gasteiger partial charge in [-0.25, -0.2) is 8.78 Å². The number of halogens is 3. The van der Waals surface area contributed by atoms with Gasteiger partial charge in [-0.1, -0.05) is 15.9 Å². The van der Waals surface area contributed by atoms with E-state index in [4.69, 9.17) is 10.5 Å². The van der Waals surface area contributed by atoms with Gasteiger partial charge in [0.05, 0.1) is 6.61 Å². The van der Waals surface area contributed by atoms with Gasteiger partial charge in [0.25, 0.3) is 0 Å². The van der Waals surface area contributed by atoms with Crippen LogP contribution in [0.4, 0.5) is 8.78 Å². The first kappa shape index (κ1) is 12.9. The van der Waals surface area contributed by atoms with Gasteiger partial charge in [0.15, 0.2) is 0 Å². The topological polar surface area (TPSA) is 35.2 Å². The lowest BCUT2D eigenvalue weighted by molar-refractivity contribution is 0.0438. The van der Waals surface area contributed by atoms with E-state index in [-0.39, 0.29) is 11.5 Å². The van der Waals surface area contributed by atoms with Gasteiger partial charge >= 0.3 is 0 Å². The van der Waals surface area contributed by atoms with Crippen LogP contribution in [0, 0.1) is 17.6 Å². The van der Waals surface area contributed by atoms with Crippen LogP contribution in [0.2, 0.25) is 0 Å². The normalized spacial score (nSPS) is 22.5. The number of nitrogens with two attached hydrogens (primary N) is 1. The molecule has 0 aliphatic carbocycles. The van der Waals surface area contributed by atoms with Crippen molar-refractivity contribution in [2.45, 2.75) is 18.9 Å². The van der Waals surface area contributed by atoms with Crippen molar-refractivity contribution in [3.05, 3.63) is 33.8 Å². The van der Waals surface area contributed by atoms with Crippen LogP contribution in [-0.2, 0) is 4.74 Å². The quantitative estimate of drug-likeness (QED) is 0.911. The van der Waals surface area contributed by atoms with Gasteiger partial charge in [-0.3, -0.25) is 0 Å². The zero-order chi connectivity index (χ0) is 12.4. The Morgan fingerprint density at radius 3 is 2.53 bits per heavy atom. The highest BCUT2D eigenvalue weighted by Crippen LogP contribution is 2.31. The van der Waals surface area contributed by atoms with Crippen LogP contribution in [0.25, 0.3) is 0 Å². The molecule has 1 aliphatic heterocycles. The highest BCUT2D eigenvalue weighted by Gasteiger charge is 2.27. The second-order valence-corrected chi connectivity index (χ2v) is 5.20. The Morgan fingerprint density at radius 1 is 1.35 bits per heavy atom. The van der Waals surface area contributed by atoms with Gasteiger partial charge in [-0.15, -0.1) is 0 Å². The fraction of sp³-hybridized carbons (Fsp3) is 0.500. The zero-order valence-corrected chi connectivity index (χ0v) is 10.8. The molecule has 5 heteroatoms. The Morgan fingerprint density at radius 2 is 2.00 bits per heavy atom. The molecule has 0 aromatic heterocycles. The third-order valence-corrected chi connectivity index (χ3v) is 3.54. The molecule has 0 spiro atoms. The lowest BCUT2D eigenvalue weighted by Crippen LogP contribution is -2.30. The van der Waals surface area contributed by atoms with E-state index in [1.54, 1.807) is 0 Å². The standard InChI is InChI=1S/C12H14BrF2NO/c13-8-4-9(14)11(10(15)5-8)12(16)7-2-1-3-17-6-7/h4-5,7,12H,1-3,6,16H2. The molecule has 1 heterocycles. The molecule has 94 valence electrons. The van der Waals surface area contributed by atoms with E-state index in [1.165, 1.54) is 12.1 Å². The minimum atomic E-state index is -0.650. The molecule has 17 heavy (non-hydrogen) atoms. The average molecular weight is 306 g/mol. The summed E-state index contributed by atoms with van der Waals surface area (Å²) in [7, 11) is 0. The Kier molecular flexibility index (Phi) is 4.12. The summed E-state index contributed by atoms with van der Waals surface area (Å²) in [4.78, 5) is 0. The van der Waals surface area contributed by atoms with E-state index in [9.17, 15) is 8.78 Å². The van der Waals surface area contributed by atoms with Gasteiger partial charge in [0.2, 0.25) is 0 Å². The van der Waals surface area contributed by atoms with Gasteiger partial charge in [-0.05, 0) is 25.0 Å². The number of hydrogen-bond donors (Lipinski definition) is 1. The maximum Gasteiger partial charge on any atom is 0.132 e. The smallest absolute Gasteiger partial charge is 0.132 e. The molecule has 2 nitrogen and oxygen atoms in total. The molecular formula is C12H14BrF2NO. The van der Waals surface area contributed by atoms with E-state index in [0.29, 0.717) is 17.7 Å². The SMILES string of the molecule is NC(c1c(F)cc(Br)cc1F)C1CCCOC1. The summed E-state index contributed by atoms with van der Waals surface area (Å²) < 4.78 is 33.1. The van der Waals surface area contributed by atoms with Crippen LogP contribution in [0.15, 0.2) is 16.6 Å². The van der Waals surface area contributed by atoms with Crippen molar-refractivity contribution in [1.82, 2.24) is 0 Å². The van der Waals surface area contributed by atoms with Crippen molar-refractivity contribution in [3.8, 4) is 0 Å². The van der Waals surface area contributed by atoms with Crippen LogP contribution in [-0.4, -0.2) is 13.2 Å². The molecule has 0 amide bonds. The van der Waals surface area contributed by atoms with Crippen molar-refractivity contribution >= 4 is 15.9 Å². The van der Waals surface area contributed by atoms with Gasteiger partial charge in [0, 0.05) is 28.6 Å². The minimum Gasteiger partial charge on any atom is -0.381 e. The lowest BCUT2D eigenvalue weighted by Gasteiger charge is -2.28. The van der Waals surface area contributed by atoms with Crippen LogP contribution in [0.1, 0.15) is 24.4 Å². The monoisotopic (exact) mass is 305 g/mol. The van der Waals surface area contributed by atoms with Crippen molar-refractivity contribution < 1.29 is 13.5 Å². The minimum absolute atomic E-state index is 0.0195. The first-order chi connectivity index (χ1) is 8.09. The Bertz CT molecular complexity index is 384. The molecule has 0 bridgehead atoms. The molecule has 1 aromatic carbocycles. The van der Waals surface area contributed by atoms with Crippen LogP contribution < -0.4 is 5.73 Å². The van der Waals surface area contributed by atoms with Crippen LogP contribution in [0.3, 0.4) is 0 Å². The number of benzene rings is 1. The highest BCUT2D eigenvalue weighted by atomic mass is 79.9. The Hall–Kier alpha value is -0.520. The van der Waals surface area contributed by atoms with Gasteiger partial charge in [-0.2, -0.15) is 0 Å². The highest BCUT2D eigenvalue weighted by molar-refractivity contribution is 9.10. The Balaban J connectivity index is 2.26. The van der Waals surface area contributed by atoms with E-state index in [1.807, 2.05) is 0 Å². The summed E-state index contributed by atoms with van der Waals surface area (Å²) in [6, 6.07) is 1.83. The Labute approximate surface area is 107 Å². The van der Waals surface area contributed by atoms with Crippen molar-refractivity contribution in [2.24, 2.45) is 11.7 Å². The molecule has 2 unspecified atom stereocenters. The predicted molar refractivity (Wildman–Crippen MR) is 64.5 cm³/mol. The molecule has 2 N–H and O–H groups in total. The van der Waals surface area contributed by atoms with Crippen molar-refractivity contribution in [3.63, 3.8) is 0 Å². The number of ether oxygens (including phenoxy) is 1. The lowest BCUT2D eigenvalue weighted by atomic mass is 9.89. The maximum absolute atomic E-state index is 13.7. The molecule has 2 atom stereocenters. The van der Waals surface area contributed by atoms with Gasteiger partial charge in [0.1, 0.15) is 11.6 Å². The third kappa shape index (κ3) is 2.84. The van der Waals surface area contributed by atoms with Crippen molar-refractivity contribution in [1.29, 1.82) is 0 Å². The fourth-order valence-corrected chi connectivity index (χ4v) is 2.56. The number of hydrogen-bond acceptors (Lipinski definition) is 2. The average Bonchev–Trinajstić information content (AvgIpc) is 2.28. The summed E-state index contributed by atoms with van der Waals surface area (Å²) >= 11 is 3.05. The summed E-state index contributed by atoms with van der Waals surface area (Å²) in [5.74, 6) is -1.22. The zero-order valence-electron chi connectivity index (χ0n) is 9.26. The molecule has 2 rings (SSSR count). The molecule has 1 fully saturated rings. The second-order valence-electron chi connectivity index (χ2n) is 4.29. The molecule has 0 saturated carbocycles. The van der Waals surface area contributed by atoms with E-state index >= 15 is 0 Å². The van der Waals surface area contributed by atoms with Crippen LogP contribution >= 0.6 is 15.9 Å². The molecule has 1 saturated heterocycles. The molecular weight excluding hydrogens is 292 g/mol. The molecule has 1 aliphatic rings. The molecule has 0 radical (unpaired) electrons. The summed E-state index contributed by atoms with van der Waals surface area (Å²) in [6.45, 7) is 1.17. The fourth-order valence-electron chi connectivity index (χ4n) is 2.16. The second kappa shape index (κ2) is 5.42. The first-order valence-corrected chi connectivity index (χ1v) is 6.36. The first-order valence-electron chi connectivity index (χ1n) is 5.57.